The SMILES string of the molecule is CCc1ccc(N(C(C)C(=O)NC2CCN(C)CC2)S(C)(=O)=O)cc1. The molecule has 1 amide bonds. The Labute approximate surface area is 151 Å². The summed E-state index contributed by atoms with van der Waals surface area (Å²) in [5.74, 6) is -0.250. The standard InChI is InChI=1S/C18H29N3O3S/c1-5-15-6-8-17(9-7-15)21(25(4,23)24)14(2)18(22)19-16-10-12-20(3)13-11-16/h6-9,14,16H,5,10-13H2,1-4H3,(H,19,22). The molecule has 1 fully saturated rings. The molecule has 0 spiro atoms. The lowest BCUT2D eigenvalue weighted by atomic mass is 10.1. The number of rotatable bonds is 6. The molecule has 2 rings (SSSR count). The van der Waals surface area contributed by atoms with E-state index in [1.807, 2.05) is 19.1 Å². The van der Waals surface area contributed by atoms with Crippen molar-refractivity contribution in [1.29, 1.82) is 0 Å². The van der Waals surface area contributed by atoms with Crippen LogP contribution in [0.2, 0.25) is 0 Å². The third-order valence-electron chi connectivity index (χ3n) is 4.75. The number of aryl methyl sites for hydroxylation is 1. The molecule has 0 aliphatic carbocycles. The van der Waals surface area contributed by atoms with Crippen LogP contribution in [-0.2, 0) is 21.2 Å². The fourth-order valence-corrected chi connectivity index (χ4v) is 4.34. The summed E-state index contributed by atoms with van der Waals surface area (Å²) >= 11 is 0. The van der Waals surface area contributed by atoms with Gasteiger partial charge in [-0.2, -0.15) is 0 Å². The van der Waals surface area contributed by atoms with Crippen LogP contribution in [-0.4, -0.2) is 57.7 Å². The quantitative estimate of drug-likeness (QED) is 0.829. The molecule has 0 saturated carbocycles. The number of anilines is 1. The van der Waals surface area contributed by atoms with E-state index in [0.717, 1.165) is 44.2 Å². The molecular weight excluding hydrogens is 338 g/mol. The highest BCUT2D eigenvalue weighted by molar-refractivity contribution is 7.92. The van der Waals surface area contributed by atoms with Gasteiger partial charge in [0.05, 0.1) is 11.9 Å². The van der Waals surface area contributed by atoms with Crippen molar-refractivity contribution in [3.63, 3.8) is 0 Å². The number of hydrogen-bond donors (Lipinski definition) is 1. The molecule has 1 aliphatic heterocycles. The van der Waals surface area contributed by atoms with Gasteiger partial charge >= 0.3 is 0 Å². The number of amides is 1. The first-order valence-electron chi connectivity index (χ1n) is 8.79. The highest BCUT2D eigenvalue weighted by Crippen LogP contribution is 2.22. The number of carbonyl (C=O) groups excluding carboxylic acids is 1. The maximum absolute atomic E-state index is 12.6. The van der Waals surface area contributed by atoms with Crippen LogP contribution in [0.1, 0.15) is 32.3 Å². The van der Waals surface area contributed by atoms with Crippen molar-refractivity contribution in [3.8, 4) is 0 Å². The number of nitrogens with one attached hydrogen (secondary N) is 1. The fourth-order valence-electron chi connectivity index (χ4n) is 3.16. The second-order valence-corrected chi connectivity index (χ2v) is 8.70. The lowest BCUT2D eigenvalue weighted by molar-refractivity contribution is -0.122. The van der Waals surface area contributed by atoms with Gasteiger partial charge in [0.15, 0.2) is 0 Å². The molecule has 1 aromatic carbocycles. The summed E-state index contributed by atoms with van der Waals surface area (Å²) in [6.45, 7) is 5.56. The summed E-state index contributed by atoms with van der Waals surface area (Å²) in [5, 5.41) is 3.01. The summed E-state index contributed by atoms with van der Waals surface area (Å²) in [4.78, 5) is 14.9. The normalized spacial score (nSPS) is 17.9. The largest absolute Gasteiger partial charge is 0.351 e. The minimum atomic E-state index is -3.57. The lowest BCUT2D eigenvalue weighted by Gasteiger charge is -2.33. The Morgan fingerprint density at radius 3 is 2.32 bits per heavy atom. The zero-order valence-electron chi connectivity index (χ0n) is 15.5. The maximum Gasteiger partial charge on any atom is 0.243 e. The summed E-state index contributed by atoms with van der Waals surface area (Å²) in [5.41, 5.74) is 1.64. The number of benzene rings is 1. The van der Waals surface area contributed by atoms with Crippen LogP contribution in [0.25, 0.3) is 0 Å². The number of sulfonamides is 1. The monoisotopic (exact) mass is 367 g/mol. The molecule has 1 unspecified atom stereocenters. The van der Waals surface area contributed by atoms with Crippen LogP contribution in [0.3, 0.4) is 0 Å². The van der Waals surface area contributed by atoms with Gasteiger partial charge in [-0.3, -0.25) is 9.10 Å². The molecule has 6 nitrogen and oxygen atoms in total. The number of likely N-dealkylation sites (tertiary alicyclic amines) is 1. The smallest absolute Gasteiger partial charge is 0.243 e. The molecule has 1 saturated heterocycles. The predicted molar refractivity (Wildman–Crippen MR) is 101 cm³/mol. The maximum atomic E-state index is 12.6. The van der Waals surface area contributed by atoms with Crippen LogP contribution in [0.5, 0.6) is 0 Å². The average molecular weight is 368 g/mol. The second kappa shape index (κ2) is 8.19. The minimum Gasteiger partial charge on any atom is -0.351 e. The zero-order valence-corrected chi connectivity index (χ0v) is 16.3. The van der Waals surface area contributed by atoms with E-state index in [-0.39, 0.29) is 11.9 Å². The Hall–Kier alpha value is -1.60. The Morgan fingerprint density at radius 1 is 1.28 bits per heavy atom. The number of hydrogen-bond acceptors (Lipinski definition) is 4. The molecule has 1 atom stereocenters. The molecule has 0 bridgehead atoms. The van der Waals surface area contributed by atoms with Gasteiger partial charge in [-0.25, -0.2) is 8.42 Å². The summed E-state index contributed by atoms with van der Waals surface area (Å²) in [7, 11) is -1.51. The van der Waals surface area contributed by atoms with Gasteiger partial charge in [0.25, 0.3) is 0 Å². The van der Waals surface area contributed by atoms with Gasteiger partial charge in [-0.05, 0) is 64.0 Å². The van der Waals surface area contributed by atoms with Crippen LogP contribution < -0.4 is 9.62 Å². The topological polar surface area (TPSA) is 69.7 Å². The molecule has 25 heavy (non-hydrogen) atoms. The predicted octanol–water partition coefficient (Wildman–Crippen LogP) is 1.61. The molecular formula is C18H29N3O3S. The second-order valence-electron chi connectivity index (χ2n) is 6.84. The third-order valence-corrected chi connectivity index (χ3v) is 5.99. The van der Waals surface area contributed by atoms with Gasteiger partial charge in [0.1, 0.15) is 6.04 Å². The average Bonchev–Trinajstić information content (AvgIpc) is 2.56. The van der Waals surface area contributed by atoms with E-state index < -0.39 is 16.1 Å². The number of nitrogens with zero attached hydrogens (tertiary/aromatic N) is 2. The highest BCUT2D eigenvalue weighted by Gasteiger charge is 2.30. The van der Waals surface area contributed by atoms with Crippen LogP contribution in [0.4, 0.5) is 5.69 Å². The third kappa shape index (κ3) is 5.19. The molecule has 0 aromatic heterocycles. The first-order chi connectivity index (χ1) is 11.7. The molecule has 1 aromatic rings. The van der Waals surface area contributed by atoms with Crippen LogP contribution in [0, 0.1) is 0 Å². The van der Waals surface area contributed by atoms with Crippen molar-refractivity contribution in [3.05, 3.63) is 29.8 Å². The van der Waals surface area contributed by atoms with Crippen molar-refractivity contribution < 1.29 is 13.2 Å². The van der Waals surface area contributed by atoms with Gasteiger partial charge in [-0.1, -0.05) is 19.1 Å². The van der Waals surface area contributed by atoms with Crippen molar-refractivity contribution in [2.45, 2.75) is 45.2 Å². The fraction of sp³-hybridized carbons (Fsp3) is 0.611. The Balaban J connectivity index is 2.15. The Morgan fingerprint density at radius 2 is 1.84 bits per heavy atom. The summed E-state index contributed by atoms with van der Waals surface area (Å²) in [6, 6.07) is 6.64. The van der Waals surface area contributed by atoms with E-state index in [0.29, 0.717) is 5.69 Å². The van der Waals surface area contributed by atoms with Crippen LogP contribution in [0.15, 0.2) is 24.3 Å². The number of piperidine rings is 1. The summed E-state index contributed by atoms with van der Waals surface area (Å²) < 4.78 is 25.8. The highest BCUT2D eigenvalue weighted by atomic mass is 32.2. The van der Waals surface area contributed by atoms with Gasteiger partial charge in [-0.15, -0.1) is 0 Å². The Bertz CT molecular complexity index is 680. The molecule has 1 N–H and O–H groups in total. The van der Waals surface area contributed by atoms with Crippen molar-refractivity contribution in [2.75, 3.05) is 30.7 Å². The molecule has 1 aliphatic rings. The first-order valence-corrected chi connectivity index (χ1v) is 10.6. The van der Waals surface area contributed by atoms with E-state index in [1.54, 1.807) is 19.1 Å². The molecule has 7 heteroatoms. The number of carbonyl (C=O) groups is 1. The van der Waals surface area contributed by atoms with Crippen molar-refractivity contribution in [1.82, 2.24) is 10.2 Å². The van der Waals surface area contributed by atoms with E-state index in [1.165, 1.54) is 4.31 Å². The van der Waals surface area contributed by atoms with Gasteiger partial charge < -0.3 is 10.2 Å². The van der Waals surface area contributed by atoms with Crippen molar-refractivity contribution >= 4 is 21.6 Å². The molecule has 0 radical (unpaired) electrons. The van der Waals surface area contributed by atoms with Gasteiger partial charge in [0, 0.05) is 6.04 Å². The van der Waals surface area contributed by atoms with E-state index in [9.17, 15) is 13.2 Å². The minimum absolute atomic E-state index is 0.107. The van der Waals surface area contributed by atoms with Crippen molar-refractivity contribution in [2.24, 2.45) is 0 Å². The summed E-state index contributed by atoms with van der Waals surface area (Å²) in [6.07, 6.45) is 3.80. The molecule has 1 heterocycles. The van der Waals surface area contributed by atoms with E-state index >= 15 is 0 Å². The van der Waals surface area contributed by atoms with E-state index in [4.69, 9.17) is 0 Å². The molecule has 140 valence electrons. The first kappa shape index (κ1) is 19.7. The lowest BCUT2D eigenvalue weighted by Crippen LogP contribution is -2.52. The van der Waals surface area contributed by atoms with Crippen LogP contribution >= 0.6 is 0 Å². The zero-order chi connectivity index (χ0) is 18.6. The van der Waals surface area contributed by atoms with E-state index in [2.05, 4.69) is 17.3 Å². The Kier molecular flexibility index (Phi) is 6.46. The van der Waals surface area contributed by atoms with Gasteiger partial charge in [0.2, 0.25) is 15.9 Å².